The van der Waals surface area contributed by atoms with Crippen molar-refractivity contribution in [2.24, 2.45) is 11.5 Å². The standard InChI is InChI=1S/C16H16N2O3.C14H17N3O3.ClH/c17-10-12-5-4-6-13(9-12)16(21)18(11-15(19)20)14-7-2-1-3-8-14;1-9(18)16-6-4-13(19)17-7-5-10-2-3-11(14(15)20)8-12(10)17;/h1-9H,10-11,17H2,(H,19,20);2-3,8H,4-7H2,1H3,(H2,15,20)(H,16,18);1H. The molecule has 0 saturated carbocycles. The van der Waals surface area contributed by atoms with Crippen molar-refractivity contribution in [1.29, 1.82) is 0 Å². The third-order valence-electron chi connectivity index (χ3n) is 6.30. The van der Waals surface area contributed by atoms with Gasteiger partial charge in [0.05, 0.1) is 0 Å². The van der Waals surface area contributed by atoms with Crippen LogP contribution >= 0.6 is 12.4 Å². The number of fused-ring (bicyclic) bond motifs is 1. The van der Waals surface area contributed by atoms with Crippen molar-refractivity contribution in [2.45, 2.75) is 26.3 Å². The Morgan fingerprint density at radius 2 is 1.67 bits per heavy atom. The van der Waals surface area contributed by atoms with Crippen LogP contribution in [0.5, 0.6) is 0 Å². The van der Waals surface area contributed by atoms with E-state index in [1.54, 1.807) is 59.5 Å². The lowest BCUT2D eigenvalue weighted by Crippen LogP contribution is -2.35. The molecule has 1 aliphatic heterocycles. The van der Waals surface area contributed by atoms with E-state index in [1.807, 2.05) is 18.2 Å². The number of nitrogens with zero attached hydrogens (tertiary/aromatic N) is 2. The number of halogens is 1. The average molecular weight is 596 g/mol. The van der Waals surface area contributed by atoms with Gasteiger partial charge in [-0.2, -0.15) is 0 Å². The minimum absolute atomic E-state index is 0. The summed E-state index contributed by atoms with van der Waals surface area (Å²) >= 11 is 0. The first-order valence-corrected chi connectivity index (χ1v) is 13.0. The highest BCUT2D eigenvalue weighted by Gasteiger charge is 2.25. The van der Waals surface area contributed by atoms with Gasteiger partial charge in [-0.25, -0.2) is 0 Å². The Kier molecular flexibility index (Phi) is 12.7. The molecule has 0 spiro atoms. The van der Waals surface area contributed by atoms with Gasteiger partial charge in [0.15, 0.2) is 0 Å². The third kappa shape index (κ3) is 9.15. The van der Waals surface area contributed by atoms with Crippen molar-refractivity contribution in [1.82, 2.24) is 5.32 Å². The number of benzene rings is 3. The van der Waals surface area contributed by atoms with E-state index in [1.165, 1.54) is 11.8 Å². The second-order valence-electron chi connectivity index (χ2n) is 9.26. The van der Waals surface area contributed by atoms with Gasteiger partial charge in [0.1, 0.15) is 6.54 Å². The van der Waals surface area contributed by atoms with Crippen LogP contribution in [0.25, 0.3) is 0 Å². The van der Waals surface area contributed by atoms with Crippen LogP contribution in [0.2, 0.25) is 0 Å². The molecular formula is C30H34ClN5O6. The molecule has 4 rings (SSSR count). The van der Waals surface area contributed by atoms with Crippen molar-refractivity contribution < 1.29 is 29.1 Å². The molecule has 0 atom stereocenters. The molecule has 0 aromatic heterocycles. The molecular weight excluding hydrogens is 562 g/mol. The fraction of sp³-hybridized carbons (Fsp3) is 0.233. The summed E-state index contributed by atoms with van der Waals surface area (Å²) < 4.78 is 0. The van der Waals surface area contributed by atoms with Crippen LogP contribution in [0.4, 0.5) is 11.4 Å². The maximum atomic E-state index is 12.6. The Bertz CT molecular complexity index is 1430. The van der Waals surface area contributed by atoms with E-state index in [4.69, 9.17) is 16.6 Å². The lowest BCUT2D eigenvalue weighted by molar-refractivity contribution is -0.135. The molecule has 0 saturated heterocycles. The number of para-hydroxylation sites is 1. The van der Waals surface area contributed by atoms with Gasteiger partial charge in [-0.05, 0) is 53.9 Å². The van der Waals surface area contributed by atoms with Gasteiger partial charge in [-0.15, -0.1) is 12.4 Å². The van der Waals surface area contributed by atoms with Gasteiger partial charge in [0, 0.05) is 55.5 Å². The normalized spacial score (nSPS) is 11.2. The van der Waals surface area contributed by atoms with Crippen LogP contribution in [0.15, 0.2) is 72.8 Å². The first kappa shape index (κ1) is 33.5. The molecule has 0 bridgehead atoms. The smallest absolute Gasteiger partial charge is 0.323 e. The molecule has 0 radical (unpaired) electrons. The van der Waals surface area contributed by atoms with Gasteiger partial charge in [-0.3, -0.25) is 28.9 Å². The highest BCUT2D eigenvalue weighted by molar-refractivity contribution is 6.08. The van der Waals surface area contributed by atoms with E-state index in [2.05, 4.69) is 5.32 Å². The lowest BCUT2D eigenvalue weighted by atomic mass is 10.1. The zero-order valence-electron chi connectivity index (χ0n) is 23.1. The number of carbonyl (C=O) groups excluding carboxylic acids is 4. The van der Waals surface area contributed by atoms with E-state index in [9.17, 15) is 24.0 Å². The molecule has 12 heteroatoms. The SMILES string of the molecule is CC(=O)NCCC(=O)N1CCc2ccc(C(N)=O)cc21.Cl.NCc1cccc(C(=O)N(CC(=O)O)c2ccccc2)c1. The number of nitrogens with two attached hydrogens (primary N) is 2. The van der Waals surface area contributed by atoms with E-state index < -0.39 is 18.4 Å². The van der Waals surface area contributed by atoms with Crippen molar-refractivity contribution in [3.8, 4) is 0 Å². The van der Waals surface area contributed by atoms with Gasteiger partial charge in [0.2, 0.25) is 17.7 Å². The van der Waals surface area contributed by atoms with Crippen molar-refractivity contribution in [3.63, 3.8) is 0 Å². The Balaban J connectivity index is 0.000000287. The van der Waals surface area contributed by atoms with Gasteiger partial charge in [-0.1, -0.05) is 36.4 Å². The maximum absolute atomic E-state index is 12.6. The highest BCUT2D eigenvalue weighted by atomic mass is 35.5. The van der Waals surface area contributed by atoms with Crippen LogP contribution < -0.4 is 26.6 Å². The number of primary amides is 1. The maximum Gasteiger partial charge on any atom is 0.323 e. The highest BCUT2D eigenvalue weighted by Crippen LogP contribution is 2.29. The molecule has 222 valence electrons. The second kappa shape index (κ2) is 15.9. The molecule has 3 aromatic rings. The number of hydrogen-bond acceptors (Lipinski definition) is 6. The van der Waals surface area contributed by atoms with Gasteiger partial charge >= 0.3 is 5.97 Å². The minimum Gasteiger partial charge on any atom is -0.480 e. The number of aliphatic carboxylic acids is 1. The summed E-state index contributed by atoms with van der Waals surface area (Å²) in [4.78, 5) is 60.6. The Labute approximate surface area is 249 Å². The summed E-state index contributed by atoms with van der Waals surface area (Å²) in [6.07, 6.45) is 1.00. The zero-order chi connectivity index (χ0) is 29.9. The Hall–Kier alpha value is -4.74. The van der Waals surface area contributed by atoms with E-state index in [-0.39, 0.29) is 36.5 Å². The molecule has 4 amide bonds. The number of carboxylic acids is 1. The average Bonchev–Trinajstić information content (AvgIpc) is 3.39. The first-order valence-electron chi connectivity index (χ1n) is 13.0. The second-order valence-corrected chi connectivity index (χ2v) is 9.26. The predicted octanol–water partition coefficient (Wildman–Crippen LogP) is 2.50. The molecule has 1 aliphatic rings. The number of hydrogen-bond donors (Lipinski definition) is 4. The molecule has 1 heterocycles. The summed E-state index contributed by atoms with van der Waals surface area (Å²) in [6.45, 7) is 2.25. The summed E-state index contributed by atoms with van der Waals surface area (Å²) in [6, 6.07) is 20.8. The number of nitrogens with one attached hydrogen (secondary N) is 1. The van der Waals surface area contributed by atoms with Crippen LogP contribution in [-0.2, 0) is 27.3 Å². The summed E-state index contributed by atoms with van der Waals surface area (Å²) in [5.74, 6) is -2.17. The monoisotopic (exact) mass is 595 g/mol. The third-order valence-corrected chi connectivity index (χ3v) is 6.30. The van der Waals surface area contributed by atoms with Crippen molar-refractivity contribution >= 4 is 53.4 Å². The fourth-order valence-electron chi connectivity index (χ4n) is 4.28. The first-order chi connectivity index (χ1) is 19.6. The summed E-state index contributed by atoms with van der Waals surface area (Å²) in [5.41, 5.74) is 14.8. The largest absolute Gasteiger partial charge is 0.480 e. The number of amides is 4. The molecule has 0 unspecified atom stereocenters. The number of carboxylic acid groups (broad SMARTS) is 1. The van der Waals surface area contributed by atoms with E-state index >= 15 is 0 Å². The number of rotatable bonds is 9. The number of carbonyl (C=O) groups is 5. The quantitative estimate of drug-likeness (QED) is 0.294. The van der Waals surface area contributed by atoms with E-state index in [0.717, 1.165) is 23.2 Å². The predicted molar refractivity (Wildman–Crippen MR) is 162 cm³/mol. The topological polar surface area (TPSA) is 176 Å². The zero-order valence-corrected chi connectivity index (χ0v) is 23.9. The molecule has 6 N–H and O–H groups in total. The fourth-order valence-corrected chi connectivity index (χ4v) is 4.28. The molecule has 3 aromatic carbocycles. The molecule has 0 fully saturated rings. The van der Waals surface area contributed by atoms with E-state index in [0.29, 0.717) is 36.4 Å². The molecule has 0 aliphatic carbocycles. The minimum atomic E-state index is -1.07. The van der Waals surface area contributed by atoms with Crippen LogP contribution in [0, 0.1) is 0 Å². The Morgan fingerprint density at radius 1 is 0.952 bits per heavy atom. The van der Waals surface area contributed by atoms with Gasteiger partial charge < -0.3 is 26.8 Å². The van der Waals surface area contributed by atoms with Gasteiger partial charge in [0.25, 0.3) is 5.91 Å². The number of anilines is 2. The summed E-state index contributed by atoms with van der Waals surface area (Å²) in [5, 5.41) is 11.6. The Morgan fingerprint density at radius 3 is 2.29 bits per heavy atom. The van der Waals surface area contributed by atoms with Crippen molar-refractivity contribution in [3.05, 3.63) is 95.1 Å². The van der Waals surface area contributed by atoms with Crippen LogP contribution in [0.1, 0.15) is 45.2 Å². The van der Waals surface area contributed by atoms with Crippen molar-refractivity contribution in [2.75, 3.05) is 29.4 Å². The van der Waals surface area contributed by atoms with Crippen LogP contribution in [0.3, 0.4) is 0 Å². The molecule has 42 heavy (non-hydrogen) atoms. The molecule has 11 nitrogen and oxygen atoms in total. The summed E-state index contributed by atoms with van der Waals surface area (Å²) in [7, 11) is 0. The van der Waals surface area contributed by atoms with Crippen LogP contribution in [-0.4, -0.2) is 54.3 Å². The lowest BCUT2D eigenvalue weighted by Gasteiger charge is -2.21.